The Hall–Kier alpha value is -1.98. The minimum atomic E-state index is -0.0361. The van der Waals surface area contributed by atoms with Gasteiger partial charge in [-0.2, -0.15) is 0 Å². The monoisotopic (exact) mass is 385 g/mol. The second-order valence-corrected chi connectivity index (χ2v) is 6.55. The number of nitrogens with zero attached hydrogens (tertiary/aromatic N) is 3. The van der Waals surface area contributed by atoms with E-state index in [0.717, 1.165) is 34.5 Å². The molecule has 0 spiro atoms. The van der Waals surface area contributed by atoms with Crippen LogP contribution in [0.25, 0.3) is 0 Å². The molecule has 24 heavy (non-hydrogen) atoms. The lowest BCUT2D eigenvalue weighted by molar-refractivity contribution is -0.112. The molecule has 1 aliphatic heterocycles. The molecule has 0 aliphatic carbocycles. The van der Waals surface area contributed by atoms with Crippen LogP contribution < -0.4 is 4.90 Å². The van der Waals surface area contributed by atoms with E-state index in [0.29, 0.717) is 12.4 Å². The van der Waals surface area contributed by atoms with Crippen LogP contribution in [0.15, 0.2) is 58.0 Å². The predicted octanol–water partition coefficient (Wildman–Crippen LogP) is 4.22. The number of hydrogen-bond acceptors (Lipinski definition) is 3. The summed E-state index contributed by atoms with van der Waals surface area (Å²) in [5.74, 6) is -0.0361. The minimum Gasteiger partial charge on any atom is -0.293 e. The van der Waals surface area contributed by atoms with Crippen molar-refractivity contribution in [2.75, 3.05) is 24.7 Å². The maximum Gasteiger partial charge on any atom is 0.278 e. The number of halogens is 1. The average molecular weight is 386 g/mol. The van der Waals surface area contributed by atoms with Gasteiger partial charge in [-0.1, -0.05) is 48.0 Å². The lowest BCUT2D eigenvalue weighted by Crippen LogP contribution is -2.41. The molecule has 1 amide bonds. The van der Waals surface area contributed by atoms with Gasteiger partial charge in [0.05, 0.1) is 18.0 Å². The number of amides is 1. The van der Waals surface area contributed by atoms with Crippen molar-refractivity contribution in [2.24, 2.45) is 4.99 Å². The topological polar surface area (TPSA) is 35.9 Å². The fraction of sp³-hybridized carbons (Fsp3) is 0.263. The van der Waals surface area contributed by atoms with Crippen LogP contribution in [0.1, 0.15) is 19.4 Å². The Morgan fingerprint density at radius 3 is 2.38 bits per heavy atom. The van der Waals surface area contributed by atoms with Gasteiger partial charge >= 0.3 is 0 Å². The van der Waals surface area contributed by atoms with Gasteiger partial charge in [-0.15, -0.1) is 0 Å². The number of carbonyl (C=O) groups is 1. The van der Waals surface area contributed by atoms with E-state index >= 15 is 0 Å². The van der Waals surface area contributed by atoms with Crippen molar-refractivity contribution < 1.29 is 4.79 Å². The third-order valence-corrected chi connectivity index (χ3v) is 4.73. The second-order valence-electron chi connectivity index (χ2n) is 5.63. The molecule has 0 saturated heterocycles. The minimum absolute atomic E-state index is 0.0361. The molecule has 4 nitrogen and oxygen atoms in total. The molecule has 1 heterocycles. The molecule has 0 radical (unpaired) electrons. The van der Waals surface area contributed by atoms with E-state index < -0.39 is 0 Å². The Morgan fingerprint density at radius 2 is 1.71 bits per heavy atom. The Balaban J connectivity index is 1.99. The van der Waals surface area contributed by atoms with Crippen molar-refractivity contribution in [2.45, 2.75) is 13.8 Å². The summed E-state index contributed by atoms with van der Waals surface area (Å²) in [5.41, 5.74) is 3.13. The Labute approximate surface area is 150 Å². The standard InChI is InChI=1S/C19H20BrN3O/c1-3-22(4-2)13-23-17-8-6-5-7-16(17)18(19(23)24)21-15-11-9-14(20)10-12-15/h5-12H,3-4,13H2,1-2H3. The molecule has 0 unspecified atom stereocenters. The number of aliphatic imine (C=N–C) groups is 1. The first-order valence-corrected chi connectivity index (χ1v) is 8.91. The van der Waals surface area contributed by atoms with Gasteiger partial charge in [0.2, 0.25) is 0 Å². The summed E-state index contributed by atoms with van der Waals surface area (Å²) in [6.45, 7) is 6.60. The number of benzene rings is 2. The second kappa shape index (κ2) is 7.28. The number of rotatable bonds is 5. The maximum atomic E-state index is 13.0. The Morgan fingerprint density at radius 1 is 1.04 bits per heavy atom. The van der Waals surface area contributed by atoms with Crippen molar-refractivity contribution in [3.63, 3.8) is 0 Å². The van der Waals surface area contributed by atoms with Crippen LogP contribution in [0, 0.1) is 0 Å². The van der Waals surface area contributed by atoms with Gasteiger partial charge in [0.1, 0.15) is 5.71 Å². The molecule has 1 aliphatic rings. The summed E-state index contributed by atoms with van der Waals surface area (Å²) in [7, 11) is 0. The molecule has 3 rings (SSSR count). The first-order valence-electron chi connectivity index (χ1n) is 8.12. The fourth-order valence-corrected chi connectivity index (χ4v) is 3.04. The van der Waals surface area contributed by atoms with Crippen molar-refractivity contribution in [3.8, 4) is 0 Å². The zero-order chi connectivity index (χ0) is 17.1. The lowest BCUT2D eigenvalue weighted by Gasteiger charge is -2.25. The van der Waals surface area contributed by atoms with Crippen LogP contribution in [-0.2, 0) is 4.79 Å². The van der Waals surface area contributed by atoms with E-state index in [1.165, 1.54) is 0 Å². The molecule has 2 aromatic rings. The summed E-state index contributed by atoms with van der Waals surface area (Å²) in [6, 6.07) is 15.5. The zero-order valence-corrected chi connectivity index (χ0v) is 15.5. The third kappa shape index (κ3) is 3.28. The normalized spacial score (nSPS) is 15.4. The number of fused-ring (bicyclic) bond motifs is 1. The van der Waals surface area contributed by atoms with Crippen LogP contribution in [-0.4, -0.2) is 36.3 Å². The summed E-state index contributed by atoms with van der Waals surface area (Å²) in [6.07, 6.45) is 0. The van der Waals surface area contributed by atoms with Crippen LogP contribution in [0.3, 0.4) is 0 Å². The molecule has 124 valence electrons. The summed E-state index contributed by atoms with van der Waals surface area (Å²) < 4.78 is 0.993. The van der Waals surface area contributed by atoms with Gasteiger partial charge in [0, 0.05) is 10.0 Å². The molecule has 0 aromatic heterocycles. The molecular weight excluding hydrogens is 366 g/mol. The third-order valence-electron chi connectivity index (χ3n) is 4.20. The van der Waals surface area contributed by atoms with Gasteiger partial charge < -0.3 is 0 Å². The van der Waals surface area contributed by atoms with E-state index in [1.54, 1.807) is 0 Å². The Bertz CT molecular complexity index is 766. The smallest absolute Gasteiger partial charge is 0.278 e. The highest BCUT2D eigenvalue weighted by molar-refractivity contribution is 9.10. The zero-order valence-electron chi connectivity index (χ0n) is 13.9. The van der Waals surface area contributed by atoms with E-state index in [1.807, 2.05) is 53.4 Å². The molecule has 0 bridgehead atoms. The van der Waals surface area contributed by atoms with E-state index in [2.05, 4.69) is 39.7 Å². The van der Waals surface area contributed by atoms with Crippen LogP contribution in [0.2, 0.25) is 0 Å². The predicted molar refractivity (Wildman–Crippen MR) is 102 cm³/mol. The Kier molecular flexibility index (Phi) is 5.11. The SMILES string of the molecule is CCN(CC)CN1C(=O)C(=Nc2ccc(Br)cc2)c2ccccc21. The van der Waals surface area contributed by atoms with Gasteiger partial charge in [0.15, 0.2) is 0 Å². The molecule has 0 fully saturated rings. The largest absolute Gasteiger partial charge is 0.293 e. The summed E-state index contributed by atoms with van der Waals surface area (Å²) in [4.78, 5) is 21.6. The average Bonchev–Trinajstić information content (AvgIpc) is 2.87. The van der Waals surface area contributed by atoms with E-state index in [4.69, 9.17) is 0 Å². The number of hydrogen-bond donors (Lipinski definition) is 0. The van der Waals surface area contributed by atoms with Crippen molar-refractivity contribution in [3.05, 3.63) is 58.6 Å². The quantitative estimate of drug-likeness (QED) is 0.772. The lowest BCUT2D eigenvalue weighted by atomic mass is 10.1. The molecule has 0 atom stereocenters. The molecule has 0 saturated carbocycles. The maximum absolute atomic E-state index is 13.0. The van der Waals surface area contributed by atoms with Gasteiger partial charge in [-0.3, -0.25) is 14.6 Å². The molecule has 5 heteroatoms. The summed E-state index contributed by atoms with van der Waals surface area (Å²) >= 11 is 3.42. The molecule has 0 N–H and O–H groups in total. The first-order chi connectivity index (χ1) is 11.6. The highest BCUT2D eigenvalue weighted by atomic mass is 79.9. The van der Waals surface area contributed by atoms with Crippen molar-refractivity contribution in [1.82, 2.24) is 4.90 Å². The highest BCUT2D eigenvalue weighted by Crippen LogP contribution is 2.31. The van der Waals surface area contributed by atoms with Crippen LogP contribution in [0.5, 0.6) is 0 Å². The number of para-hydroxylation sites is 1. The number of carbonyl (C=O) groups excluding carboxylic acids is 1. The number of anilines is 1. The van der Waals surface area contributed by atoms with Gasteiger partial charge in [-0.05, 0) is 43.4 Å². The van der Waals surface area contributed by atoms with Crippen LogP contribution in [0.4, 0.5) is 11.4 Å². The summed E-state index contributed by atoms with van der Waals surface area (Å²) in [5, 5.41) is 0. The van der Waals surface area contributed by atoms with Crippen molar-refractivity contribution in [1.29, 1.82) is 0 Å². The first kappa shape index (κ1) is 16.9. The van der Waals surface area contributed by atoms with Gasteiger partial charge in [0.25, 0.3) is 5.91 Å². The van der Waals surface area contributed by atoms with Crippen LogP contribution >= 0.6 is 15.9 Å². The fourth-order valence-electron chi connectivity index (χ4n) is 2.78. The van der Waals surface area contributed by atoms with Gasteiger partial charge in [-0.25, -0.2) is 4.99 Å². The molecular formula is C19H20BrN3O. The molecule has 2 aromatic carbocycles. The van der Waals surface area contributed by atoms with Crippen molar-refractivity contribution >= 4 is 38.9 Å². The van der Waals surface area contributed by atoms with E-state index in [-0.39, 0.29) is 5.91 Å². The van der Waals surface area contributed by atoms with E-state index in [9.17, 15) is 4.79 Å². The highest BCUT2D eigenvalue weighted by Gasteiger charge is 2.34.